The Balaban J connectivity index is 1.77. The fourth-order valence-electron chi connectivity index (χ4n) is 2.12. The second-order valence-corrected chi connectivity index (χ2v) is 4.93. The van der Waals surface area contributed by atoms with Gasteiger partial charge in [-0.05, 0) is 42.5 Å². The molecule has 0 aliphatic rings. The Labute approximate surface area is 135 Å². The predicted octanol–water partition coefficient (Wildman–Crippen LogP) is 4.25. The van der Waals surface area contributed by atoms with Crippen molar-refractivity contribution in [3.63, 3.8) is 0 Å². The number of nitro benzene ring substituents is 1. The topological polar surface area (TPSA) is 85.4 Å². The first kappa shape index (κ1) is 15.4. The Morgan fingerprint density at radius 2 is 1.83 bits per heavy atom. The largest absolute Gasteiger partial charge is 0.451 e. The lowest BCUT2D eigenvalue weighted by atomic mass is 10.2. The molecule has 1 amide bonds. The first-order valence-corrected chi connectivity index (χ1v) is 6.94. The van der Waals surface area contributed by atoms with E-state index in [4.69, 9.17) is 4.42 Å². The molecule has 1 aromatic heterocycles. The van der Waals surface area contributed by atoms with Crippen LogP contribution in [0.25, 0.3) is 11.3 Å². The molecule has 3 aromatic rings. The first-order valence-electron chi connectivity index (χ1n) is 6.94. The van der Waals surface area contributed by atoms with Crippen molar-refractivity contribution in [2.24, 2.45) is 0 Å². The summed E-state index contributed by atoms with van der Waals surface area (Å²) >= 11 is 0. The highest BCUT2D eigenvalue weighted by atomic mass is 19.1. The fourth-order valence-corrected chi connectivity index (χ4v) is 2.12. The average Bonchev–Trinajstić information content (AvgIpc) is 3.06. The number of benzene rings is 2. The van der Waals surface area contributed by atoms with Gasteiger partial charge < -0.3 is 9.73 Å². The van der Waals surface area contributed by atoms with Crippen LogP contribution < -0.4 is 5.32 Å². The number of hydrogen-bond acceptors (Lipinski definition) is 4. The van der Waals surface area contributed by atoms with Gasteiger partial charge in [0.2, 0.25) is 0 Å². The van der Waals surface area contributed by atoms with Gasteiger partial charge in [0.1, 0.15) is 11.6 Å². The Morgan fingerprint density at radius 1 is 1.08 bits per heavy atom. The number of carbonyl (C=O) groups is 1. The van der Waals surface area contributed by atoms with E-state index in [1.165, 1.54) is 54.6 Å². The summed E-state index contributed by atoms with van der Waals surface area (Å²) in [5.74, 6) is -0.446. The fraction of sp³-hybridized carbons (Fsp3) is 0. The zero-order valence-electron chi connectivity index (χ0n) is 12.2. The van der Waals surface area contributed by atoms with Crippen molar-refractivity contribution in [3.8, 4) is 11.3 Å². The molecule has 0 spiro atoms. The van der Waals surface area contributed by atoms with Crippen LogP contribution in [0.2, 0.25) is 0 Å². The van der Waals surface area contributed by atoms with Crippen molar-refractivity contribution in [3.05, 3.63) is 82.4 Å². The third-order valence-electron chi connectivity index (χ3n) is 3.27. The SMILES string of the molecule is O=C(Nc1cccc([N+](=O)[O-])c1)c1ccc(-c2ccc(F)cc2)o1. The molecule has 0 atom stereocenters. The van der Waals surface area contributed by atoms with Crippen molar-refractivity contribution < 1.29 is 18.5 Å². The number of non-ortho nitro benzene ring substituents is 1. The van der Waals surface area contributed by atoms with Gasteiger partial charge in [-0.2, -0.15) is 0 Å². The lowest BCUT2D eigenvalue weighted by Gasteiger charge is -2.03. The normalized spacial score (nSPS) is 10.4. The average molecular weight is 326 g/mol. The number of anilines is 1. The van der Waals surface area contributed by atoms with Gasteiger partial charge in [-0.25, -0.2) is 4.39 Å². The van der Waals surface area contributed by atoms with E-state index in [-0.39, 0.29) is 23.0 Å². The van der Waals surface area contributed by atoms with E-state index in [0.717, 1.165) is 0 Å². The van der Waals surface area contributed by atoms with Crippen molar-refractivity contribution in [1.29, 1.82) is 0 Å². The maximum absolute atomic E-state index is 12.9. The summed E-state index contributed by atoms with van der Waals surface area (Å²) in [4.78, 5) is 22.4. The molecule has 0 unspecified atom stereocenters. The molecule has 1 N–H and O–H groups in total. The summed E-state index contributed by atoms with van der Waals surface area (Å²) in [6.07, 6.45) is 0. The zero-order valence-corrected chi connectivity index (χ0v) is 12.2. The number of nitrogens with one attached hydrogen (secondary N) is 1. The Kier molecular flexibility index (Phi) is 4.07. The third kappa shape index (κ3) is 3.30. The summed E-state index contributed by atoms with van der Waals surface area (Å²) < 4.78 is 18.4. The highest BCUT2D eigenvalue weighted by molar-refractivity contribution is 6.02. The van der Waals surface area contributed by atoms with E-state index in [0.29, 0.717) is 11.3 Å². The molecule has 6 nitrogen and oxygen atoms in total. The molecule has 1 heterocycles. The van der Waals surface area contributed by atoms with Crippen LogP contribution in [0.5, 0.6) is 0 Å². The minimum Gasteiger partial charge on any atom is -0.451 e. The summed E-state index contributed by atoms with van der Waals surface area (Å²) in [6.45, 7) is 0. The van der Waals surface area contributed by atoms with Gasteiger partial charge in [0, 0.05) is 23.4 Å². The monoisotopic (exact) mass is 326 g/mol. The molecule has 7 heteroatoms. The van der Waals surface area contributed by atoms with Crippen LogP contribution in [0.4, 0.5) is 15.8 Å². The van der Waals surface area contributed by atoms with Crippen molar-refractivity contribution >= 4 is 17.3 Å². The molecule has 0 bridgehead atoms. The first-order chi connectivity index (χ1) is 11.5. The van der Waals surface area contributed by atoms with Crippen LogP contribution in [0.3, 0.4) is 0 Å². The highest BCUT2D eigenvalue weighted by Crippen LogP contribution is 2.23. The van der Waals surface area contributed by atoms with E-state index in [2.05, 4.69) is 5.32 Å². The molecule has 120 valence electrons. The molecule has 3 rings (SSSR count). The van der Waals surface area contributed by atoms with Gasteiger partial charge >= 0.3 is 0 Å². The lowest BCUT2D eigenvalue weighted by Crippen LogP contribution is -2.10. The number of furan rings is 1. The zero-order chi connectivity index (χ0) is 17.1. The number of nitro groups is 1. The lowest BCUT2D eigenvalue weighted by molar-refractivity contribution is -0.384. The van der Waals surface area contributed by atoms with Gasteiger partial charge in [-0.3, -0.25) is 14.9 Å². The standard InChI is InChI=1S/C17H11FN2O4/c18-12-6-4-11(5-7-12)15-8-9-16(24-15)17(21)19-13-2-1-3-14(10-13)20(22)23/h1-10H,(H,19,21). The van der Waals surface area contributed by atoms with E-state index in [1.807, 2.05) is 0 Å². The molecule has 0 saturated heterocycles. The molecular weight excluding hydrogens is 315 g/mol. The third-order valence-corrected chi connectivity index (χ3v) is 3.27. The number of carbonyl (C=O) groups excluding carboxylic acids is 1. The van der Waals surface area contributed by atoms with Crippen LogP contribution in [0, 0.1) is 15.9 Å². The van der Waals surface area contributed by atoms with Crippen LogP contribution in [0.1, 0.15) is 10.6 Å². The minimum absolute atomic E-state index is 0.0424. The predicted molar refractivity (Wildman–Crippen MR) is 85.2 cm³/mol. The smallest absolute Gasteiger partial charge is 0.291 e. The number of rotatable bonds is 4. The van der Waals surface area contributed by atoms with E-state index in [9.17, 15) is 19.3 Å². The summed E-state index contributed by atoms with van der Waals surface area (Å²) in [5, 5.41) is 13.3. The van der Waals surface area contributed by atoms with E-state index >= 15 is 0 Å². The Morgan fingerprint density at radius 3 is 2.54 bits per heavy atom. The number of amides is 1. The second kappa shape index (κ2) is 6.33. The number of hydrogen-bond donors (Lipinski definition) is 1. The van der Waals surface area contributed by atoms with Gasteiger partial charge in [0.25, 0.3) is 11.6 Å². The highest BCUT2D eigenvalue weighted by Gasteiger charge is 2.14. The van der Waals surface area contributed by atoms with Gasteiger partial charge in [0.05, 0.1) is 4.92 Å². The van der Waals surface area contributed by atoms with Gasteiger partial charge in [-0.1, -0.05) is 6.07 Å². The molecule has 0 radical (unpaired) electrons. The molecular formula is C17H11FN2O4. The second-order valence-electron chi connectivity index (χ2n) is 4.93. The maximum Gasteiger partial charge on any atom is 0.291 e. The molecule has 0 aliphatic carbocycles. The minimum atomic E-state index is -0.546. The molecule has 0 saturated carbocycles. The molecule has 0 fully saturated rings. The van der Waals surface area contributed by atoms with Gasteiger partial charge in [-0.15, -0.1) is 0 Å². The summed E-state index contributed by atoms with van der Waals surface area (Å²) in [5.41, 5.74) is 0.791. The number of halogens is 1. The van der Waals surface area contributed by atoms with Crippen molar-refractivity contribution in [2.45, 2.75) is 0 Å². The summed E-state index contributed by atoms with van der Waals surface area (Å²) in [6, 6.07) is 14.3. The van der Waals surface area contributed by atoms with E-state index < -0.39 is 10.8 Å². The Hall–Kier alpha value is -3.48. The quantitative estimate of drug-likeness (QED) is 0.574. The van der Waals surface area contributed by atoms with Crippen molar-refractivity contribution in [2.75, 3.05) is 5.32 Å². The van der Waals surface area contributed by atoms with Crippen LogP contribution >= 0.6 is 0 Å². The maximum atomic E-state index is 12.9. The number of nitrogens with zero attached hydrogens (tertiary/aromatic N) is 1. The molecule has 2 aromatic carbocycles. The summed E-state index contributed by atoms with van der Waals surface area (Å²) in [7, 11) is 0. The van der Waals surface area contributed by atoms with Crippen LogP contribution in [-0.2, 0) is 0 Å². The van der Waals surface area contributed by atoms with Crippen LogP contribution in [-0.4, -0.2) is 10.8 Å². The van der Waals surface area contributed by atoms with Crippen molar-refractivity contribution in [1.82, 2.24) is 0 Å². The van der Waals surface area contributed by atoms with Crippen LogP contribution in [0.15, 0.2) is 65.1 Å². The van der Waals surface area contributed by atoms with Gasteiger partial charge in [0.15, 0.2) is 5.76 Å². The molecule has 24 heavy (non-hydrogen) atoms. The molecule has 0 aliphatic heterocycles. The Bertz CT molecular complexity index is 903. The van der Waals surface area contributed by atoms with E-state index in [1.54, 1.807) is 6.07 Å².